The van der Waals surface area contributed by atoms with Gasteiger partial charge in [0, 0.05) is 43.6 Å². The maximum absolute atomic E-state index is 4.32. The first kappa shape index (κ1) is 16.4. The Morgan fingerprint density at radius 2 is 2.10 bits per heavy atom. The zero-order chi connectivity index (χ0) is 15.5. The van der Waals surface area contributed by atoms with E-state index in [-0.39, 0.29) is 5.54 Å². The monoisotopic (exact) mass is 289 g/mol. The molecular weight excluding hydrogens is 258 g/mol. The Morgan fingerprint density at radius 3 is 2.67 bits per heavy atom. The Labute approximate surface area is 130 Å². The first-order chi connectivity index (χ1) is 10.0. The zero-order valence-electron chi connectivity index (χ0n) is 14.3. The van der Waals surface area contributed by atoms with E-state index < -0.39 is 0 Å². The lowest BCUT2D eigenvalue weighted by Gasteiger charge is -2.49. The zero-order valence-corrected chi connectivity index (χ0v) is 14.3. The van der Waals surface area contributed by atoms with Crippen LogP contribution in [0.5, 0.6) is 0 Å². The van der Waals surface area contributed by atoms with Crippen LogP contribution in [0.25, 0.3) is 0 Å². The van der Waals surface area contributed by atoms with Crippen LogP contribution in [-0.2, 0) is 6.54 Å². The average molecular weight is 289 g/mol. The van der Waals surface area contributed by atoms with Crippen LogP contribution >= 0.6 is 0 Å². The van der Waals surface area contributed by atoms with Gasteiger partial charge in [0.2, 0.25) is 0 Å². The quantitative estimate of drug-likeness (QED) is 0.900. The fraction of sp³-hybridized carbons (Fsp3) is 0.722. The van der Waals surface area contributed by atoms with Crippen LogP contribution in [0.3, 0.4) is 0 Å². The van der Waals surface area contributed by atoms with Gasteiger partial charge in [-0.1, -0.05) is 27.7 Å². The van der Waals surface area contributed by atoms with Crippen LogP contribution in [0, 0.1) is 12.8 Å². The number of hydrogen-bond acceptors (Lipinski definition) is 3. The summed E-state index contributed by atoms with van der Waals surface area (Å²) in [5.74, 6) is 0.668. The second kappa shape index (κ2) is 6.89. The molecule has 1 aromatic heterocycles. The molecule has 21 heavy (non-hydrogen) atoms. The summed E-state index contributed by atoms with van der Waals surface area (Å²) in [4.78, 5) is 6.99. The van der Waals surface area contributed by atoms with Gasteiger partial charge in [-0.15, -0.1) is 0 Å². The summed E-state index contributed by atoms with van der Waals surface area (Å²) in [5, 5.41) is 3.84. The number of piperazine rings is 1. The molecule has 0 spiro atoms. The summed E-state index contributed by atoms with van der Waals surface area (Å²) in [6, 6.07) is 2.73. The number of nitrogens with one attached hydrogen (secondary N) is 1. The van der Waals surface area contributed by atoms with Crippen molar-refractivity contribution in [3.63, 3.8) is 0 Å². The SMILES string of the molecule is CCC1(CC)CN(Cc2cnccc2C)C(C(C)C)CN1. The molecule has 0 amide bonds. The molecule has 1 fully saturated rings. The minimum atomic E-state index is 0.279. The Balaban J connectivity index is 2.20. The predicted molar refractivity (Wildman–Crippen MR) is 89.3 cm³/mol. The molecule has 0 radical (unpaired) electrons. The van der Waals surface area contributed by atoms with E-state index in [1.807, 2.05) is 12.4 Å². The molecule has 0 aliphatic carbocycles. The van der Waals surface area contributed by atoms with Gasteiger partial charge in [0.25, 0.3) is 0 Å². The summed E-state index contributed by atoms with van der Waals surface area (Å²) in [5.41, 5.74) is 3.00. The lowest BCUT2D eigenvalue weighted by molar-refractivity contribution is 0.0441. The lowest BCUT2D eigenvalue weighted by Crippen LogP contribution is -2.64. The topological polar surface area (TPSA) is 28.2 Å². The number of aromatic nitrogens is 1. The minimum absolute atomic E-state index is 0.279. The largest absolute Gasteiger partial charge is 0.308 e. The van der Waals surface area contributed by atoms with Crippen molar-refractivity contribution in [3.8, 4) is 0 Å². The van der Waals surface area contributed by atoms with Crippen molar-refractivity contribution in [1.29, 1.82) is 0 Å². The fourth-order valence-electron chi connectivity index (χ4n) is 3.45. The van der Waals surface area contributed by atoms with E-state index in [0.29, 0.717) is 12.0 Å². The number of nitrogens with zero attached hydrogens (tertiary/aromatic N) is 2. The number of rotatable bonds is 5. The molecular formula is C18H31N3. The minimum Gasteiger partial charge on any atom is -0.308 e. The van der Waals surface area contributed by atoms with Crippen LogP contribution in [-0.4, -0.2) is 34.6 Å². The first-order valence-electron chi connectivity index (χ1n) is 8.40. The van der Waals surface area contributed by atoms with Crippen LogP contribution in [0.4, 0.5) is 0 Å². The average Bonchev–Trinajstić information content (AvgIpc) is 2.49. The van der Waals surface area contributed by atoms with Gasteiger partial charge < -0.3 is 5.32 Å². The molecule has 0 aromatic carbocycles. The molecule has 1 saturated heterocycles. The van der Waals surface area contributed by atoms with Crippen molar-refractivity contribution in [2.75, 3.05) is 13.1 Å². The standard InChI is InChI=1S/C18H31N3/c1-6-18(7-2)13-21(17(11-20-18)14(3)4)12-16-10-19-9-8-15(16)5/h8-10,14,17,20H,6-7,11-13H2,1-5H3. The Hall–Kier alpha value is -0.930. The highest BCUT2D eigenvalue weighted by atomic mass is 15.3. The molecule has 0 saturated carbocycles. The third-order valence-corrected chi connectivity index (χ3v) is 5.30. The molecule has 1 aromatic rings. The van der Waals surface area contributed by atoms with Crippen molar-refractivity contribution >= 4 is 0 Å². The van der Waals surface area contributed by atoms with Crippen LogP contribution in [0.15, 0.2) is 18.5 Å². The number of aryl methyl sites for hydroxylation is 1. The predicted octanol–water partition coefficient (Wildman–Crippen LogP) is 3.38. The number of hydrogen-bond donors (Lipinski definition) is 1. The lowest BCUT2D eigenvalue weighted by atomic mass is 9.86. The second-order valence-corrected chi connectivity index (χ2v) is 6.89. The molecule has 1 N–H and O–H groups in total. The molecule has 1 unspecified atom stereocenters. The fourth-order valence-corrected chi connectivity index (χ4v) is 3.45. The van der Waals surface area contributed by atoms with Gasteiger partial charge in [0.15, 0.2) is 0 Å². The van der Waals surface area contributed by atoms with Crippen molar-refractivity contribution in [3.05, 3.63) is 29.6 Å². The van der Waals surface area contributed by atoms with Crippen molar-refractivity contribution in [1.82, 2.24) is 15.2 Å². The van der Waals surface area contributed by atoms with Crippen LogP contribution in [0.2, 0.25) is 0 Å². The van der Waals surface area contributed by atoms with Gasteiger partial charge in [-0.05, 0) is 42.9 Å². The van der Waals surface area contributed by atoms with E-state index in [1.54, 1.807) is 0 Å². The molecule has 2 rings (SSSR count). The van der Waals surface area contributed by atoms with Gasteiger partial charge in [0.05, 0.1) is 0 Å². The van der Waals surface area contributed by atoms with E-state index in [4.69, 9.17) is 0 Å². The summed E-state index contributed by atoms with van der Waals surface area (Å²) in [6.45, 7) is 14.7. The molecule has 118 valence electrons. The summed E-state index contributed by atoms with van der Waals surface area (Å²) < 4.78 is 0. The number of pyridine rings is 1. The van der Waals surface area contributed by atoms with Crippen LogP contribution < -0.4 is 5.32 Å². The van der Waals surface area contributed by atoms with E-state index in [0.717, 1.165) is 19.6 Å². The molecule has 3 heteroatoms. The van der Waals surface area contributed by atoms with Gasteiger partial charge >= 0.3 is 0 Å². The third kappa shape index (κ3) is 3.64. The van der Waals surface area contributed by atoms with Crippen molar-refractivity contribution in [2.45, 2.75) is 65.6 Å². The molecule has 1 aliphatic heterocycles. The van der Waals surface area contributed by atoms with E-state index in [1.165, 1.54) is 24.0 Å². The van der Waals surface area contributed by atoms with Gasteiger partial charge in [0.1, 0.15) is 0 Å². The van der Waals surface area contributed by atoms with Gasteiger partial charge in [-0.25, -0.2) is 0 Å². The van der Waals surface area contributed by atoms with Gasteiger partial charge in [-0.3, -0.25) is 9.88 Å². The van der Waals surface area contributed by atoms with Crippen LogP contribution in [0.1, 0.15) is 51.7 Å². The summed E-state index contributed by atoms with van der Waals surface area (Å²) >= 11 is 0. The maximum atomic E-state index is 4.32. The highest BCUT2D eigenvalue weighted by Crippen LogP contribution is 2.27. The van der Waals surface area contributed by atoms with Crippen molar-refractivity contribution < 1.29 is 0 Å². The van der Waals surface area contributed by atoms with E-state index in [2.05, 4.69) is 55.9 Å². The molecule has 3 nitrogen and oxygen atoms in total. The summed E-state index contributed by atoms with van der Waals surface area (Å²) in [6.07, 6.45) is 6.31. The van der Waals surface area contributed by atoms with Gasteiger partial charge in [-0.2, -0.15) is 0 Å². The van der Waals surface area contributed by atoms with Crippen molar-refractivity contribution in [2.24, 2.45) is 5.92 Å². The smallest absolute Gasteiger partial charge is 0.0315 e. The normalized spacial score (nSPS) is 22.7. The Morgan fingerprint density at radius 1 is 1.38 bits per heavy atom. The first-order valence-corrected chi connectivity index (χ1v) is 8.40. The maximum Gasteiger partial charge on any atom is 0.0315 e. The third-order valence-electron chi connectivity index (χ3n) is 5.30. The van der Waals surface area contributed by atoms with E-state index >= 15 is 0 Å². The molecule has 2 heterocycles. The highest BCUT2D eigenvalue weighted by Gasteiger charge is 2.37. The molecule has 1 atom stereocenters. The Kier molecular flexibility index (Phi) is 5.39. The highest BCUT2D eigenvalue weighted by molar-refractivity contribution is 5.21. The summed E-state index contributed by atoms with van der Waals surface area (Å²) in [7, 11) is 0. The Bertz CT molecular complexity index is 452. The molecule has 0 bridgehead atoms. The molecule has 1 aliphatic rings. The van der Waals surface area contributed by atoms with E-state index in [9.17, 15) is 0 Å². The second-order valence-electron chi connectivity index (χ2n) is 6.89.